The number of benzene rings is 1. The van der Waals surface area contributed by atoms with Gasteiger partial charge < -0.3 is 5.11 Å². The molecule has 0 unspecified atom stereocenters. The minimum absolute atomic E-state index is 0.0226. The summed E-state index contributed by atoms with van der Waals surface area (Å²) in [6.07, 6.45) is 0. The first-order chi connectivity index (χ1) is 9.49. The second-order valence-electron chi connectivity index (χ2n) is 4.54. The maximum absolute atomic E-state index is 12.1. The molecule has 2 N–H and O–H groups in total. The van der Waals surface area contributed by atoms with Gasteiger partial charge in [0.1, 0.15) is 0 Å². The van der Waals surface area contributed by atoms with E-state index in [0.29, 0.717) is 5.13 Å². The van der Waals surface area contributed by atoms with E-state index < -0.39 is 11.9 Å². The van der Waals surface area contributed by atoms with Crippen LogP contribution in [0.4, 0.5) is 5.13 Å². The molecule has 104 valence electrons. The average molecular weight is 290 g/mol. The van der Waals surface area contributed by atoms with Crippen molar-refractivity contribution in [3.05, 3.63) is 46.5 Å². The molecule has 0 saturated heterocycles. The molecule has 1 amide bonds. The van der Waals surface area contributed by atoms with E-state index in [0.717, 1.165) is 5.69 Å². The largest absolute Gasteiger partial charge is 0.478 e. The van der Waals surface area contributed by atoms with Gasteiger partial charge in [-0.05, 0) is 18.1 Å². The Morgan fingerprint density at radius 2 is 1.90 bits per heavy atom. The summed E-state index contributed by atoms with van der Waals surface area (Å²) in [5.74, 6) is -1.31. The van der Waals surface area contributed by atoms with E-state index in [2.05, 4.69) is 10.3 Å². The van der Waals surface area contributed by atoms with E-state index in [1.165, 1.54) is 23.5 Å². The third-order valence-corrected chi connectivity index (χ3v) is 3.51. The Bertz CT molecular complexity index is 649. The van der Waals surface area contributed by atoms with Crippen molar-refractivity contribution >= 4 is 28.3 Å². The number of anilines is 1. The Hall–Kier alpha value is -2.21. The number of thiazole rings is 1. The molecule has 0 aliphatic heterocycles. The highest BCUT2D eigenvalue weighted by molar-refractivity contribution is 7.14. The van der Waals surface area contributed by atoms with Gasteiger partial charge in [-0.1, -0.05) is 26.0 Å². The summed E-state index contributed by atoms with van der Waals surface area (Å²) in [5.41, 5.74) is 1.00. The molecular weight excluding hydrogens is 276 g/mol. The van der Waals surface area contributed by atoms with Crippen molar-refractivity contribution in [1.29, 1.82) is 0 Å². The van der Waals surface area contributed by atoms with Crippen LogP contribution >= 0.6 is 11.3 Å². The first kappa shape index (κ1) is 14.2. The predicted octanol–water partition coefficient (Wildman–Crippen LogP) is 3.22. The lowest BCUT2D eigenvalue weighted by molar-refractivity contribution is 0.0692. The van der Waals surface area contributed by atoms with Crippen LogP contribution in [0.15, 0.2) is 29.6 Å². The van der Waals surface area contributed by atoms with Crippen LogP contribution in [-0.2, 0) is 0 Å². The van der Waals surface area contributed by atoms with Gasteiger partial charge in [0.25, 0.3) is 5.91 Å². The lowest BCUT2D eigenvalue weighted by atomic mass is 10.1. The number of hydrogen-bond acceptors (Lipinski definition) is 4. The van der Waals surface area contributed by atoms with Crippen molar-refractivity contribution in [2.24, 2.45) is 0 Å². The second-order valence-corrected chi connectivity index (χ2v) is 5.40. The Balaban J connectivity index is 2.22. The topological polar surface area (TPSA) is 79.3 Å². The smallest absolute Gasteiger partial charge is 0.336 e. The minimum atomic E-state index is -1.13. The van der Waals surface area contributed by atoms with E-state index in [-0.39, 0.29) is 17.0 Å². The summed E-state index contributed by atoms with van der Waals surface area (Å²) in [6.45, 7) is 4.03. The number of hydrogen-bond donors (Lipinski definition) is 2. The highest BCUT2D eigenvalue weighted by atomic mass is 32.1. The standard InChI is InChI=1S/C14H14N2O3S/c1-8(2)11-7-20-14(15-11)16-12(17)9-5-3-4-6-10(9)13(18)19/h3-8H,1-2H3,(H,18,19)(H,15,16,17). The normalized spacial score (nSPS) is 10.6. The molecule has 6 heteroatoms. The van der Waals surface area contributed by atoms with Crippen molar-refractivity contribution < 1.29 is 14.7 Å². The summed E-state index contributed by atoms with van der Waals surface area (Å²) in [7, 11) is 0. The molecule has 2 aromatic rings. The number of nitrogens with zero attached hydrogens (tertiary/aromatic N) is 1. The number of carboxylic acid groups (broad SMARTS) is 1. The lowest BCUT2D eigenvalue weighted by Crippen LogP contribution is -2.16. The Morgan fingerprint density at radius 3 is 2.45 bits per heavy atom. The van der Waals surface area contributed by atoms with Gasteiger partial charge in [-0.25, -0.2) is 9.78 Å². The lowest BCUT2D eigenvalue weighted by Gasteiger charge is -2.05. The zero-order valence-electron chi connectivity index (χ0n) is 11.1. The molecule has 0 bridgehead atoms. The van der Waals surface area contributed by atoms with E-state index in [9.17, 15) is 9.59 Å². The molecule has 0 aliphatic rings. The zero-order valence-corrected chi connectivity index (χ0v) is 11.9. The molecule has 1 aromatic carbocycles. The molecule has 5 nitrogen and oxygen atoms in total. The van der Waals surface area contributed by atoms with Gasteiger partial charge in [0.15, 0.2) is 5.13 Å². The molecule has 0 fully saturated rings. The molecule has 0 spiro atoms. The zero-order chi connectivity index (χ0) is 14.7. The van der Waals surface area contributed by atoms with Crippen molar-refractivity contribution in [3.63, 3.8) is 0 Å². The van der Waals surface area contributed by atoms with Gasteiger partial charge in [-0.2, -0.15) is 0 Å². The summed E-state index contributed by atoms with van der Waals surface area (Å²) >= 11 is 1.32. The van der Waals surface area contributed by atoms with E-state index >= 15 is 0 Å². The number of amides is 1. The van der Waals surface area contributed by atoms with Crippen LogP contribution in [0, 0.1) is 0 Å². The molecule has 0 saturated carbocycles. The summed E-state index contributed by atoms with van der Waals surface area (Å²) in [5, 5.41) is 14.0. The molecule has 20 heavy (non-hydrogen) atoms. The van der Waals surface area contributed by atoms with E-state index in [1.807, 2.05) is 19.2 Å². The van der Waals surface area contributed by atoms with Crippen LogP contribution in [-0.4, -0.2) is 22.0 Å². The fraction of sp³-hybridized carbons (Fsp3) is 0.214. The Labute approximate surface area is 120 Å². The molecule has 1 aromatic heterocycles. The van der Waals surface area contributed by atoms with Crippen LogP contribution in [0.5, 0.6) is 0 Å². The van der Waals surface area contributed by atoms with Gasteiger partial charge in [0.05, 0.1) is 16.8 Å². The second kappa shape index (κ2) is 5.83. The van der Waals surface area contributed by atoms with Crippen molar-refractivity contribution in [1.82, 2.24) is 4.98 Å². The number of carboxylic acids is 1. The monoisotopic (exact) mass is 290 g/mol. The van der Waals surface area contributed by atoms with Crippen molar-refractivity contribution in [2.45, 2.75) is 19.8 Å². The quantitative estimate of drug-likeness (QED) is 0.906. The molecule has 0 atom stereocenters. The highest BCUT2D eigenvalue weighted by Crippen LogP contribution is 2.22. The van der Waals surface area contributed by atoms with Gasteiger partial charge in [-0.15, -0.1) is 11.3 Å². The number of carbonyl (C=O) groups is 2. The molecular formula is C14H14N2O3S. The summed E-state index contributed by atoms with van der Waals surface area (Å²) < 4.78 is 0. The fourth-order valence-electron chi connectivity index (χ4n) is 1.64. The van der Waals surface area contributed by atoms with E-state index in [1.54, 1.807) is 12.1 Å². The predicted molar refractivity (Wildman–Crippen MR) is 77.6 cm³/mol. The number of aromatic nitrogens is 1. The summed E-state index contributed by atoms with van der Waals surface area (Å²) in [4.78, 5) is 27.5. The van der Waals surface area contributed by atoms with Crippen LogP contribution in [0.1, 0.15) is 46.2 Å². The fourth-order valence-corrected chi connectivity index (χ4v) is 2.51. The van der Waals surface area contributed by atoms with Crippen molar-refractivity contribution in [2.75, 3.05) is 5.32 Å². The molecule has 1 heterocycles. The van der Waals surface area contributed by atoms with Gasteiger partial charge in [-0.3, -0.25) is 10.1 Å². The van der Waals surface area contributed by atoms with Crippen LogP contribution in [0.25, 0.3) is 0 Å². The van der Waals surface area contributed by atoms with Gasteiger partial charge in [0.2, 0.25) is 0 Å². The first-order valence-electron chi connectivity index (χ1n) is 6.08. The third kappa shape index (κ3) is 3.03. The Morgan fingerprint density at radius 1 is 1.25 bits per heavy atom. The van der Waals surface area contributed by atoms with Gasteiger partial charge >= 0.3 is 5.97 Å². The maximum Gasteiger partial charge on any atom is 0.336 e. The van der Waals surface area contributed by atoms with Crippen LogP contribution in [0.3, 0.4) is 0 Å². The molecule has 0 aliphatic carbocycles. The number of nitrogens with one attached hydrogen (secondary N) is 1. The van der Waals surface area contributed by atoms with Crippen molar-refractivity contribution in [3.8, 4) is 0 Å². The maximum atomic E-state index is 12.1. The van der Waals surface area contributed by atoms with E-state index in [4.69, 9.17) is 5.11 Å². The number of carbonyl (C=O) groups excluding carboxylic acids is 1. The van der Waals surface area contributed by atoms with Gasteiger partial charge in [0, 0.05) is 5.38 Å². The molecule has 0 radical (unpaired) electrons. The highest BCUT2D eigenvalue weighted by Gasteiger charge is 2.17. The number of rotatable bonds is 4. The first-order valence-corrected chi connectivity index (χ1v) is 6.96. The van der Waals surface area contributed by atoms with Crippen LogP contribution < -0.4 is 5.32 Å². The SMILES string of the molecule is CC(C)c1csc(NC(=O)c2ccccc2C(=O)O)n1. The number of aromatic carboxylic acids is 1. The molecule has 2 rings (SSSR count). The third-order valence-electron chi connectivity index (χ3n) is 2.74. The minimum Gasteiger partial charge on any atom is -0.478 e. The van der Waals surface area contributed by atoms with Crippen LogP contribution in [0.2, 0.25) is 0 Å². The summed E-state index contributed by atoms with van der Waals surface area (Å²) in [6, 6.07) is 6.09. The Kier molecular flexibility index (Phi) is 4.14. The average Bonchev–Trinajstić information content (AvgIpc) is 2.87.